The van der Waals surface area contributed by atoms with Crippen molar-refractivity contribution in [2.45, 2.75) is 24.8 Å². The highest BCUT2D eigenvalue weighted by atomic mass is 35.5. The van der Waals surface area contributed by atoms with Crippen molar-refractivity contribution >= 4 is 34.0 Å². The molecule has 0 aliphatic rings. The van der Waals surface area contributed by atoms with Crippen molar-refractivity contribution in [2.24, 2.45) is 0 Å². The molecule has 0 aromatic heterocycles. The van der Waals surface area contributed by atoms with Gasteiger partial charge in [-0.05, 0) is 49.9 Å². The number of halogens is 1. The van der Waals surface area contributed by atoms with Crippen LogP contribution in [0.25, 0.3) is 0 Å². The summed E-state index contributed by atoms with van der Waals surface area (Å²) in [6.45, 7) is 5.32. The highest BCUT2D eigenvalue weighted by Gasteiger charge is 2.15. The number of sulfonamides is 1. The molecule has 0 bridgehead atoms. The van der Waals surface area contributed by atoms with Crippen LogP contribution in [0, 0.1) is 0 Å². The standard InChI is InChI=1S/C18H23N3O3S.ClH/c1-3-19-14(2)13-20-18(22)15-9-11-17(12-10-15)25(23,24)21-16-7-5-4-6-8-16;/h4-12,14,19,21H,3,13H2,1-2H3,(H,20,22);1H/t14-;/m1./s1. The van der Waals surface area contributed by atoms with E-state index in [1.807, 2.05) is 19.9 Å². The minimum atomic E-state index is -3.68. The van der Waals surface area contributed by atoms with Gasteiger partial charge in [-0.1, -0.05) is 25.1 Å². The number of para-hydroxylation sites is 1. The van der Waals surface area contributed by atoms with Crippen LogP contribution < -0.4 is 15.4 Å². The number of nitrogens with one attached hydrogen (secondary N) is 3. The van der Waals surface area contributed by atoms with Gasteiger partial charge in [0.2, 0.25) is 0 Å². The molecule has 0 spiro atoms. The molecule has 0 radical (unpaired) electrons. The number of benzene rings is 2. The van der Waals surface area contributed by atoms with Gasteiger partial charge in [0, 0.05) is 23.8 Å². The molecule has 2 aromatic carbocycles. The molecule has 1 amide bonds. The van der Waals surface area contributed by atoms with Crippen molar-refractivity contribution < 1.29 is 13.2 Å². The Kier molecular flexibility index (Phi) is 8.57. The Bertz CT molecular complexity index is 796. The normalized spacial score (nSPS) is 11.9. The Balaban J connectivity index is 0.00000338. The van der Waals surface area contributed by atoms with E-state index in [0.29, 0.717) is 17.8 Å². The second-order valence-corrected chi connectivity index (χ2v) is 7.35. The number of hydrogen-bond acceptors (Lipinski definition) is 4. The van der Waals surface area contributed by atoms with Gasteiger partial charge in [0.1, 0.15) is 0 Å². The highest BCUT2D eigenvalue weighted by Crippen LogP contribution is 2.16. The Morgan fingerprint density at radius 3 is 2.23 bits per heavy atom. The zero-order chi connectivity index (χ0) is 18.3. The van der Waals surface area contributed by atoms with E-state index >= 15 is 0 Å². The largest absolute Gasteiger partial charge is 0.350 e. The summed E-state index contributed by atoms with van der Waals surface area (Å²) in [4.78, 5) is 12.2. The van der Waals surface area contributed by atoms with Gasteiger partial charge in [-0.2, -0.15) is 0 Å². The average molecular weight is 398 g/mol. The summed E-state index contributed by atoms with van der Waals surface area (Å²) in [7, 11) is -3.68. The molecule has 0 aliphatic carbocycles. The van der Waals surface area contributed by atoms with E-state index in [1.165, 1.54) is 24.3 Å². The Labute approximate surface area is 160 Å². The van der Waals surface area contributed by atoms with Crippen molar-refractivity contribution in [2.75, 3.05) is 17.8 Å². The molecule has 1 atom stereocenters. The maximum Gasteiger partial charge on any atom is 0.261 e. The van der Waals surface area contributed by atoms with E-state index in [4.69, 9.17) is 0 Å². The zero-order valence-electron chi connectivity index (χ0n) is 14.7. The molecule has 2 aromatic rings. The zero-order valence-corrected chi connectivity index (χ0v) is 16.4. The van der Waals surface area contributed by atoms with Crippen LogP contribution in [0.3, 0.4) is 0 Å². The molecule has 0 saturated carbocycles. The lowest BCUT2D eigenvalue weighted by Crippen LogP contribution is -2.38. The molecule has 0 fully saturated rings. The van der Waals surface area contributed by atoms with Gasteiger partial charge < -0.3 is 10.6 Å². The third-order valence-corrected chi connectivity index (χ3v) is 4.97. The minimum absolute atomic E-state index is 0. The van der Waals surface area contributed by atoms with E-state index in [0.717, 1.165) is 6.54 Å². The summed E-state index contributed by atoms with van der Waals surface area (Å²) < 4.78 is 27.2. The van der Waals surface area contributed by atoms with Crippen LogP contribution >= 0.6 is 12.4 Å². The van der Waals surface area contributed by atoms with E-state index in [9.17, 15) is 13.2 Å². The topological polar surface area (TPSA) is 87.3 Å². The lowest BCUT2D eigenvalue weighted by atomic mass is 10.2. The van der Waals surface area contributed by atoms with Gasteiger partial charge in [0.15, 0.2) is 0 Å². The maximum atomic E-state index is 12.3. The first kappa shape index (κ1) is 22.0. The fraction of sp³-hybridized carbons (Fsp3) is 0.278. The second-order valence-electron chi connectivity index (χ2n) is 5.66. The summed E-state index contributed by atoms with van der Waals surface area (Å²) in [5, 5.41) is 6.02. The molecule has 0 saturated heterocycles. The summed E-state index contributed by atoms with van der Waals surface area (Å²) in [5.41, 5.74) is 0.907. The first-order chi connectivity index (χ1) is 11.9. The molecule has 142 valence electrons. The number of anilines is 1. The molecule has 26 heavy (non-hydrogen) atoms. The average Bonchev–Trinajstić information content (AvgIpc) is 2.60. The number of carbonyl (C=O) groups is 1. The van der Waals surface area contributed by atoms with Crippen molar-refractivity contribution in [3.8, 4) is 0 Å². The smallest absolute Gasteiger partial charge is 0.261 e. The number of rotatable bonds is 8. The van der Waals surface area contributed by atoms with Crippen LogP contribution in [0.1, 0.15) is 24.2 Å². The van der Waals surface area contributed by atoms with Gasteiger partial charge in [0.25, 0.3) is 15.9 Å². The first-order valence-electron chi connectivity index (χ1n) is 8.12. The molecule has 8 heteroatoms. The van der Waals surface area contributed by atoms with E-state index in [2.05, 4.69) is 15.4 Å². The molecule has 2 rings (SSSR count). The second kappa shape index (κ2) is 10.2. The van der Waals surface area contributed by atoms with E-state index < -0.39 is 10.0 Å². The minimum Gasteiger partial charge on any atom is -0.350 e. The van der Waals surface area contributed by atoms with Crippen molar-refractivity contribution in [1.29, 1.82) is 0 Å². The van der Waals surface area contributed by atoms with Crippen LogP contribution in [0.15, 0.2) is 59.5 Å². The van der Waals surface area contributed by atoms with Crippen LogP contribution in [-0.2, 0) is 10.0 Å². The predicted octanol–water partition coefficient (Wildman–Crippen LogP) is 2.64. The third-order valence-electron chi connectivity index (χ3n) is 3.57. The van der Waals surface area contributed by atoms with Crippen LogP contribution in [0.4, 0.5) is 5.69 Å². The summed E-state index contributed by atoms with van der Waals surface area (Å²) >= 11 is 0. The number of carbonyl (C=O) groups excluding carboxylic acids is 1. The van der Waals surface area contributed by atoms with E-state index in [-0.39, 0.29) is 29.3 Å². The monoisotopic (exact) mass is 397 g/mol. The predicted molar refractivity (Wildman–Crippen MR) is 106 cm³/mol. The van der Waals surface area contributed by atoms with Crippen molar-refractivity contribution in [3.63, 3.8) is 0 Å². The lowest BCUT2D eigenvalue weighted by Gasteiger charge is -2.13. The molecule has 6 nitrogen and oxygen atoms in total. The van der Waals surface area contributed by atoms with Gasteiger partial charge in [0.05, 0.1) is 4.90 Å². The quantitative estimate of drug-likeness (QED) is 0.639. The summed E-state index contributed by atoms with van der Waals surface area (Å²) in [5.74, 6) is -0.232. The maximum absolute atomic E-state index is 12.3. The Hall–Kier alpha value is -2.09. The van der Waals surface area contributed by atoms with Gasteiger partial charge in [-0.15, -0.1) is 12.4 Å². The number of amides is 1. The summed E-state index contributed by atoms with van der Waals surface area (Å²) in [6.07, 6.45) is 0. The fourth-order valence-electron chi connectivity index (χ4n) is 2.27. The first-order valence-corrected chi connectivity index (χ1v) is 9.60. The van der Waals surface area contributed by atoms with Crippen LogP contribution in [0.2, 0.25) is 0 Å². The van der Waals surface area contributed by atoms with Crippen LogP contribution in [-0.4, -0.2) is 33.5 Å². The number of hydrogen-bond donors (Lipinski definition) is 3. The summed E-state index contributed by atoms with van der Waals surface area (Å²) in [6, 6.07) is 14.7. The number of likely N-dealkylation sites (N-methyl/N-ethyl adjacent to an activating group) is 1. The fourth-order valence-corrected chi connectivity index (χ4v) is 3.33. The van der Waals surface area contributed by atoms with Gasteiger partial charge >= 0.3 is 0 Å². The third kappa shape index (κ3) is 6.33. The van der Waals surface area contributed by atoms with Gasteiger partial charge in [-0.3, -0.25) is 9.52 Å². The Morgan fingerprint density at radius 2 is 1.65 bits per heavy atom. The molecule has 3 N–H and O–H groups in total. The lowest BCUT2D eigenvalue weighted by molar-refractivity contribution is 0.0950. The van der Waals surface area contributed by atoms with Crippen molar-refractivity contribution in [1.82, 2.24) is 10.6 Å². The molecule has 0 heterocycles. The molecule has 0 aliphatic heterocycles. The Morgan fingerprint density at radius 1 is 1.04 bits per heavy atom. The molecular formula is C18H24ClN3O3S. The van der Waals surface area contributed by atoms with Crippen molar-refractivity contribution in [3.05, 3.63) is 60.2 Å². The van der Waals surface area contributed by atoms with Gasteiger partial charge in [-0.25, -0.2) is 8.42 Å². The highest BCUT2D eigenvalue weighted by molar-refractivity contribution is 7.92. The SMILES string of the molecule is CCN[C@H](C)CNC(=O)c1ccc(S(=O)(=O)Nc2ccccc2)cc1.Cl. The van der Waals surface area contributed by atoms with Crippen LogP contribution in [0.5, 0.6) is 0 Å². The van der Waals surface area contributed by atoms with E-state index in [1.54, 1.807) is 24.3 Å². The molecule has 0 unspecified atom stereocenters. The molecular weight excluding hydrogens is 374 g/mol.